The highest BCUT2D eigenvalue weighted by Crippen LogP contribution is 2.23. The summed E-state index contributed by atoms with van der Waals surface area (Å²) in [7, 11) is 1.30. The van der Waals surface area contributed by atoms with Crippen molar-refractivity contribution in [1.29, 1.82) is 0 Å². The Morgan fingerprint density at radius 1 is 0.511 bits per heavy atom. The normalized spacial score (nSPS) is 36.3. The lowest BCUT2D eigenvalue weighted by atomic mass is 9.99. The third kappa shape index (κ3) is 13.7. The van der Waals surface area contributed by atoms with E-state index in [9.17, 15) is 51.1 Å². The van der Waals surface area contributed by atoms with Crippen LogP contribution in [0.1, 0.15) is 6.92 Å². The summed E-state index contributed by atoms with van der Waals surface area (Å²) >= 11 is 0. The van der Waals surface area contributed by atoms with Crippen LogP contribution in [0.15, 0.2) is 0 Å². The maximum atomic E-state index is 9.70. The largest absolute Gasteiger partial charge is 0.394 e. The topological polar surface area (TPSA) is 401 Å². The molecule has 2 aliphatic rings. The average Bonchev–Trinajstić information content (AvgIpc) is 3.07. The van der Waals surface area contributed by atoms with Gasteiger partial charge in [0.25, 0.3) is 0 Å². The van der Waals surface area contributed by atoms with Gasteiger partial charge in [0.15, 0.2) is 12.6 Å². The molecule has 2 fully saturated rings. The van der Waals surface area contributed by atoms with Gasteiger partial charge in [-0.15, -0.1) is 0 Å². The molecule has 0 aromatic rings. The third-order valence-electron chi connectivity index (χ3n) is 7.11. The lowest BCUT2D eigenvalue weighted by Crippen LogP contribution is -2.59. The van der Waals surface area contributed by atoms with Gasteiger partial charge in [0.1, 0.15) is 91.6 Å². The zero-order valence-electron chi connectivity index (χ0n) is 25.6. The molecule has 22 nitrogen and oxygen atoms in total. The first kappa shape index (κ1) is 46.1. The maximum Gasteiger partial charge on any atom is 0.186 e. The van der Waals surface area contributed by atoms with Crippen LogP contribution in [0.25, 0.3) is 0 Å². The van der Waals surface area contributed by atoms with Crippen molar-refractivity contribution in [3.63, 3.8) is 0 Å². The molecule has 18 N–H and O–H groups in total. The monoisotopic (exact) mass is 704 g/mol. The Kier molecular flexibility index (Phi) is 22.3. The van der Waals surface area contributed by atoms with E-state index in [1.165, 1.54) is 14.0 Å². The van der Waals surface area contributed by atoms with Crippen LogP contribution in [0.4, 0.5) is 0 Å². The van der Waals surface area contributed by atoms with E-state index in [1.807, 2.05) is 0 Å². The summed E-state index contributed by atoms with van der Waals surface area (Å²) in [6, 6.07) is 0. The number of ether oxygens (including phenoxy) is 4. The molecule has 0 bridgehead atoms. The van der Waals surface area contributed by atoms with E-state index in [2.05, 4.69) is 0 Å². The highest BCUT2D eigenvalue weighted by Gasteiger charge is 2.45. The zero-order valence-corrected chi connectivity index (χ0v) is 25.6. The van der Waals surface area contributed by atoms with Gasteiger partial charge >= 0.3 is 0 Å². The molecule has 0 radical (unpaired) electrons. The lowest BCUT2D eigenvalue weighted by molar-refractivity contribution is -0.306. The van der Waals surface area contributed by atoms with Crippen LogP contribution in [0, 0.1) is 0 Å². The second kappa shape index (κ2) is 22.8. The molecule has 2 aliphatic heterocycles. The number of aliphatic hydroxyl groups excluding tert-OH is 18. The quantitative estimate of drug-likeness (QED) is 0.0797. The van der Waals surface area contributed by atoms with Gasteiger partial charge in [-0.2, -0.15) is 0 Å². The molecule has 0 spiro atoms. The first-order valence-electron chi connectivity index (χ1n) is 14.3. The van der Waals surface area contributed by atoms with Gasteiger partial charge in [-0.1, -0.05) is 0 Å². The smallest absolute Gasteiger partial charge is 0.186 e. The van der Waals surface area contributed by atoms with Crippen molar-refractivity contribution >= 4 is 0 Å². The van der Waals surface area contributed by atoms with E-state index in [-0.39, 0.29) is 0 Å². The van der Waals surface area contributed by atoms with E-state index in [1.54, 1.807) is 0 Å². The molecule has 0 aliphatic carbocycles. The van der Waals surface area contributed by atoms with Crippen LogP contribution in [0.2, 0.25) is 0 Å². The second-order valence-electron chi connectivity index (χ2n) is 10.7. The highest BCUT2D eigenvalue weighted by atomic mass is 16.7. The zero-order chi connectivity index (χ0) is 36.8. The Morgan fingerprint density at radius 3 is 1.23 bits per heavy atom. The standard InChI is InChI=1S/C12H24O11.C7H14O6.C6H14O5/c13-1-4(15)7(17)8(18)5(16)3-22-12-11(21)10(20)9(19)6(2-14)23-12;1-12-7-6(11)5(10)4(9)3(2-8)13-7;1-3(8)5(10)6(11)4(9)2-7/h4-21H,1-3H2;3-11H,2H2,1H3;3-11H,2H2,1H3/t4-,5+,6+,7+,8+,9+,10-,11+,12-;3-,4-,5+,6-,7+;3-,4-,5-,6-/m011/s1. The van der Waals surface area contributed by atoms with Crippen LogP contribution in [-0.4, -0.2) is 242 Å². The minimum atomic E-state index is -1.86. The van der Waals surface area contributed by atoms with Gasteiger partial charge in [0, 0.05) is 7.11 Å². The molecule has 22 heteroatoms. The molecular weight excluding hydrogens is 652 g/mol. The maximum absolute atomic E-state index is 9.70. The Hall–Kier alpha value is -0.880. The van der Waals surface area contributed by atoms with Crippen molar-refractivity contribution in [2.45, 2.75) is 117 Å². The lowest BCUT2D eigenvalue weighted by Gasteiger charge is -2.40. The minimum absolute atomic E-state index is 0.440. The van der Waals surface area contributed by atoms with Gasteiger partial charge in [-0.3, -0.25) is 0 Å². The predicted molar refractivity (Wildman–Crippen MR) is 148 cm³/mol. The molecule has 0 unspecified atom stereocenters. The first-order chi connectivity index (χ1) is 21.9. The summed E-state index contributed by atoms with van der Waals surface area (Å²) in [5.41, 5.74) is 0. The van der Waals surface area contributed by atoms with Crippen molar-refractivity contribution in [3.05, 3.63) is 0 Å². The summed E-state index contributed by atoms with van der Waals surface area (Å²) in [6.45, 7) is -1.97. The highest BCUT2D eigenvalue weighted by molar-refractivity contribution is 4.90. The van der Waals surface area contributed by atoms with Gasteiger partial charge in [0.2, 0.25) is 0 Å². The average molecular weight is 705 g/mol. The van der Waals surface area contributed by atoms with Crippen molar-refractivity contribution < 1.29 is 111 Å². The number of hydrogen-bond donors (Lipinski definition) is 18. The van der Waals surface area contributed by atoms with E-state index in [4.69, 9.17) is 59.8 Å². The number of aliphatic hydroxyl groups is 18. The van der Waals surface area contributed by atoms with Crippen molar-refractivity contribution in [2.75, 3.05) is 40.1 Å². The molecule has 0 amide bonds. The van der Waals surface area contributed by atoms with Crippen LogP contribution >= 0.6 is 0 Å². The molecule has 284 valence electrons. The summed E-state index contributed by atoms with van der Waals surface area (Å²) in [4.78, 5) is 0. The molecular formula is C25H52O22. The number of hydrogen-bond acceptors (Lipinski definition) is 22. The van der Waals surface area contributed by atoms with Crippen LogP contribution < -0.4 is 0 Å². The SMILES string of the molecule is CO[C@H]1O[C@H](CO)[C@@H](O)[C@H](O)[C@H]1O.C[C@@H](O)[C@@H](O)[C@H](O)[C@H](O)CO.OC[C@H](O)[C@@H](O)[C@H](O)[C@H](O)CO[C@H]1O[C@H](CO)[C@@H](O)[C@H](O)[C@H]1O. The second-order valence-corrected chi connectivity index (χ2v) is 10.7. The van der Waals surface area contributed by atoms with Crippen LogP contribution in [0.3, 0.4) is 0 Å². The summed E-state index contributed by atoms with van der Waals surface area (Å²) < 4.78 is 19.6. The molecule has 2 rings (SSSR count). The summed E-state index contributed by atoms with van der Waals surface area (Å²) in [5.74, 6) is 0. The van der Waals surface area contributed by atoms with Crippen LogP contribution in [0.5, 0.6) is 0 Å². The van der Waals surface area contributed by atoms with Crippen molar-refractivity contribution in [1.82, 2.24) is 0 Å². The summed E-state index contributed by atoms with van der Waals surface area (Å²) in [6.07, 6.45) is -26.1. The predicted octanol–water partition coefficient (Wildman–Crippen LogP) is -10.9. The van der Waals surface area contributed by atoms with Gasteiger partial charge < -0.3 is 111 Å². The van der Waals surface area contributed by atoms with Crippen molar-refractivity contribution in [2.24, 2.45) is 0 Å². The van der Waals surface area contributed by atoms with Crippen molar-refractivity contribution in [3.8, 4) is 0 Å². The van der Waals surface area contributed by atoms with E-state index < -0.39 is 143 Å². The molecule has 2 heterocycles. The molecule has 0 aromatic carbocycles. The first-order valence-corrected chi connectivity index (χ1v) is 14.3. The minimum Gasteiger partial charge on any atom is -0.394 e. The third-order valence-corrected chi connectivity index (χ3v) is 7.11. The van der Waals surface area contributed by atoms with Gasteiger partial charge in [-0.05, 0) is 6.92 Å². The fraction of sp³-hybridized carbons (Fsp3) is 1.00. The molecule has 47 heavy (non-hydrogen) atoms. The Bertz CT molecular complexity index is 776. The molecule has 0 aromatic heterocycles. The molecule has 18 atom stereocenters. The number of methoxy groups -OCH3 is 1. The van der Waals surface area contributed by atoms with E-state index in [0.717, 1.165) is 0 Å². The Balaban J connectivity index is 0.000000744. The van der Waals surface area contributed by atoms with Gasteiger partial charge in [-0.25, -0.2) is 0 Å². The fourth-order valence-corrected chi connectivity index (χ4v) is 3.94. The Labute approximate surface area is 268 Å². The van der Waals surface area contributed by atoms with Crippen LogP contribution in [-0.2, 0) is 18.9 Å². The van der Waals surface area contributed by atoms with E-state index >= 15 is 0 Å². The van der Waals surface area contributed by atoms with Gasteiger partial charge in [0.05, 0.1) is 39.1 Å². The molecule has 2 saturated heterocycles. The molecule has 0 saturated carbocycles. The van der Waals surface area contributed by atoms with E-state index in [0.29, 0.717) is 0 Å². The summed E-state index contributed by atoms with van der Waals surface area (Å²) in [5, 5.41) is 165. The fourth-order valence-electron chi connectivity index (χ4n) is 3.94. The Morgan fingerprint density at radius 2 is 0.872 bits per heavy atom. The number of rotatable bonds is 14.